The van der Waals surface area contributed by atoms with Crippen molar-refractivity contribution in [3.8, 4) is 0 Å². The molecule has 0 saturated carbocycles. The first-order valence-electron chi connectivity index (χ1n) is 12.0. The average Bonchev–Trinajstić information content (AvgIpc) is 2.87. The molecule has 15 nitrogen and oxygen atoms in total. The van der Waals surface area contributed by atoms with Gasteiger partial charge in [-0.1, -0.05) is 0 Å². The Hall–Kier alpha value is -2.09. The lowest BCUT2D eigenvalue weighted by atomic mass is 10.1. The molecule has 0 heterocycles. The van der Waals surface area contributed by atoms with E-state index in [2.05, 4.69) is 69.7 Å². The van der Waals surface area contributed by atoms with E-state index in [4.69, 9.17) is 32.5 Å². The van der Waals surface area contributed by atoms with E-state index in [-0.39, 0.29) is 50.5 Å². The highest BCUT2D eigenvalue weighted by Crippen LogP contribution is 2.01. The molecule has 0 saturated heterocycles. The van der Waals surface area contributed by atoms with Crippen LogP contribution in [0.4, 0.5) is 0 Å². The molecular weight excluding hydrogens is 600 g/mol. The summed E-state index contributed by atoms with van der Waals surface area (Å²) in [7, 11) is 6.22. The molecule has 0 aliphatic carbocycles. The second-order valence-electron chi connectivity index (χ2n) is 9.37. The summed E-state index contributed by atoms with van der Waals surface area (Å²) in [5.41, 5.74) is 15.7. The molecule has 2 amide bonds. The number of carboxylic acids is 3. The first-order valence-corrected chi connectivity index (χ1v) is 13.9. The van der Waals surface area contributed by atoms with Crippen molar-refractivity contribution in [3.63, 3.8) is 0 Å². The monoisotopic (exact) mass is 648 g/mol. The minimum atomic E-state index is -1.21. The SMILES string of the molecule is C[N+](C)(C)CCNC(=O)[C@@H](N)CS.N[C@@H](CCC(=O)N[C@@H](CS)C(=O)CCC(=O)O)C(=O)O.N[C@@H](CS)C(=O)O.[CH3-]. The van der Waals surface area contributed by atoms with Gasteiger partial charge < -0.3 is 55.1 Å². The van der Waals surface area contributed by atoms with Gasteiger partial charge in [-0.15, -0.1) is 0 Å². The number of carbonyl (C=O) groups is 6. The summed E-state index contributed by atoms with van der Waals surface area (Å²) in [4.78, 5) is 64.9. The predicted octanol–water partition coefficient (Wildman–Crippen LogP) is -2.13. The van der Waals surface area contributed by atoms with Crippen molar-refractivity contribution in [2.75, 3.05) is 51.5 Å². The topological polar surface area (TPSA) is 265 Å². The third-order valence-electron chi connectivity index (χ3n) is 4.62. The number of nitrogens with zero attached hydrogens (tertiary/aromatic N) is 1. The molecule has 0 aromatic rings. The number of rotatable bonds is 17. The molecule has 0 radical (unpaired) electrons. The zero-order chi connectivity index (χ0) is 32.1. The molecule has 0 unspecified atom stereocenters. The molecule has 0 spiro atoms. The van der Waals surface area contributed by atoms with E-state index in [1.807, 2.05) is 0 Å². The number of nitrogens with two attached hydrogens (primary N) is 3. The van der Waals surface area contributed by atoms with Crippen molar-refractivity contribution < 1.29 is 48.6 Å². The largest absolute Gasteiger partial charge is 0.481 e. The molecule has 0 bridgehead atoms. The third-order valence-corrected chi connectivity index (χ3v) is 5.77. The van der Waals surface area contributed by atoms with Gasteiger partial charge in [0.15, 0.2) is 5.78 Å². The van der Waals surface area contributed by atoms with Crippen molar-refractivity contribution >= 4 is 73.4 Å². The number of ketones is 1. The Morgan fingerprint density at radius 1 is 0.756 bits per heavy atom. The van der Waals surface area contributed by atoms with E-state index in [1.165, 1.54) is 0 Å². The van der Waals surface area contributed by atoms with Gasteiger partial charge in [-0.25, -0.2) is 0 Å². The number of hydrogen-bond acceptors (Lipinski definition) is 12. The fraction of sp³-hybridized carbons (Fsp3) is 0.696. The average molecular weight is 649 g/mol. The molecule has 11 N–H and O–H groups in total. The number of carboxylic acid groups (broad SMARTS) is 3. The molecule has 0 fully saturated rings. The van der Waals surface area contributed by atoms with Crippen LogP contribution in [0.2, 0.25) is 0 Å². The number of aliphatic carboxylic acids is 3. The number of hydrogen-bond donors (Lipinski definition) is 11. The van der Waals surface area contributed by atoms with Crippen LogP contribution >= 0.6 is 37.9 Å². The maximum atomic E-state index is 11.6. The summed E-state index contributed by atoms with van der Waals surface area (Å²) in [6.07, 6.45) is -0.702. The van der Waals surface area contributed by atoms with Gasteiger partial charge in [0.05, 0.1) is 52.7 Å². The highest BCUT2D eigenvalue weighted by molar-refractivity contribution is 7.80. The Morgan fingerprint density at radius 2 is 1.24 bits per heavy atom. The second kappa shape index (κ2) is 25.6. The van der Waals surface area contributed by atoms with Crippen molar-refractivity contribution in [2.24, 2.45) is 17.2 Å². The fourth-order valence-corrected chi connectivity index (χ4v) is 2.73. The standard InChI is InChI=1S/C11H18N2O6S.C8H19N3OS.C3H7NO2S.CH3/c12-6(11(18)19)1-3-9(15)13-7(5-20)8(14)2-4-10(16)17;1-11(2,3)5-4-10-8(12)7(9)6-13;4-2(1-7)3(5)6;/h6-7,20H,1-5,12H2,(H,13,15)(H,16,17)(H,18,19);7H,4-6,9H2,1-3H3,(H-,10,12,13);2,7H,1,4H2,(H,5,6);1H3/q;;;-1/p+1/t6-,7-;7-;2-;/m000./s1. The number of carbonyl (C=O) groups excluding carboxylic acids is 3. The zero-order valence-corrected chi connectivity index (χ0v) is 26.7. The molecule has 0 aromatic heterocycles. The van der Waals surface area contributed by atoms with Gasteiger partial charge in [-0.05, 0) is 6.42 Å². The summed E-state index contributed by atoms with van der Waals surface area (Å²) in [6.45, 7) is 1.55. The molecule has 242 valence electrons. The van der Waals surface area contributed by atoms with E-state index in [1.54, 1.807) is 0 Å². The lowest BCUT2D eigenvalue weighted by Gasteiger charge is -2.24. The molecule has 18 heteroatoms. The molecule has 0 aromatic carbocycles. The Kier molecular flexibility index (Phi) is 28.7. The van der Waals surface area contributed by atoms with Crippen molar-refractivity contribution in [1.29, 1.82) is 0 Å². The van der Waals surface area contributed by atoms with Gasteiger partial charge in [-0.3, -0.25) is 28.8 Å². The highest BCUT2D eigenvalue weighted by atomic mass is 32.1. The molecule has 0 rings (SSSR count). The van der Waals surface area contributed by atoms with Crippen LogP contribution in [0.3, 0.4) is 0 Å². The Morgan fingerprint density at radius 3 is 1.59 bits per heavy atom. The predicted molar refractivity (Wildman–Crippen MR) is 166 cm³/mol. The van der Waals surface area contributed by atoms with Crippen LogP contribution in [-0.4, -0.2) is 131 Å². The number of quaternary nitrogens is 1. The first-order chi connectivity index (χ1) is 18.3. The van der Waals surface area contributed by atoms with Crippen LogP contribution in [0.5, 0.6) is 0 Å². The Labute approximate surface area is 258 Å². The van der Waals surface area contributed by atoms with E-state index in [9.17, 15) is 28.8 Å². The van der Waals surface area contributed by atoms with Crippen LogP contribution in [0.15, 0.2) is 0 Å². The zero-order valence-electron chi connectivity index (χ0n) is 24.0. The van der Waals surface area contributed by atoms with Gasteiger partial charge in [0.25, 0.3) is 0 Å². The summed E-state index contributed by atoms with van der Waals surface area (Å²) >= 11 is 11.5. The van der Waals surface area contributed by atoms with Gasteiger partial charge in [0, 0.05) is 30.1 Å². The normalized spacial score (nSPS) is 13.2. The fourth-order valence-electron chi connectivity index (χ4n) is 2.12. The number of likely N-dealkylation sites (N-methyl/N-ethyl adjacent to an activating group) is 1. The Bertz CT molecular complexity index is 816. The Balaban J connectivity index is -0.000000279. The third kappa shape index (κ3) is 29.2. The molecular formula is C23H48N6O9S3. The second-order valence-corrected chi connectivity index (χ2v) is 10.5. The summed E-state index contributed by atoms with van der Waals surface area (Å²) in [5, 5.41) is 30.2. The minimum absolute atomic E-state index is 0. The van der Waals surface area contributed by atoms with Crippen molar-refractivity contribution in [1.82, 2.24) is 10.6 Å². The molecule has 0 aliphatic heterocycles. The number of nitrogens with one attached hydrogen (secondary N) is 2. The van der Waals surface area contributed by atoms with Gasteiger partial charge >= 0.3 is 17.9 Å². The number of amides is 2. The highest BCUT2D eigenvalue weighted by Gasteiger charge is 2.21. The maximum absolute atomic E-state index is 11.6. The quantitative estimate of drug-likeness (QED) is 0.0459. The lowest BCUT2D eigenvalue weighted by molar-refractivity contribution is -0.869. The van der Waals surface area contributed by atoms with Crippen LogP contribution in [0, 0.1) is 7.43 Å². The van der Waals surface area contributed by atoms with E-state index in [0.717, 1.165) is 11.0 Å². The smallest absolute Gasteiger partial charge is 0.321 e. The molecule has 4 atom stereocenters. The van der Waals surface area contributed by atoms with E-state index >= 15 is 0 Å². The molecule has 0 aliphatic rings. The van der Waals surface area contributed by atoms with Gasteiger partial charge in [0.2, 0.25) is 11.8 Å². The number of Topliss-reactive ketones (excluding diaryl/α,β-unsaturated/α-hetero) is 1. The van der Waals surface area contributed by atoms with Crippen LogP contribution in [-0.2, 0) is 28.8 Å². The van der Waals surface area contributed by atoms with Crippen LogP contribution < -0.4 is 27.8 Å². The summed E-state index contributed by atoms with van der Waals surface area (Å²) in [5.74, 6) is -3.78. The van der Waals surface area contributed by atoms with Crippen LogP contribution in [0.25, 0.3) is 0 Å². The van der Waals surface area contributed by atoms with E-state index in [0.29, 0.717) is 12.3 Å². The lowest BCUT2D eigenvalue weighted by Crippen LogP contribution is -2.47. The molecule has 41 heavy (non-hydrogen) atoms. The maximum Gasteiger partial charge on any atom is 0.321 e. The number of thiol groups is 3. The summed E-state index contributed by atoms with van der Waals surface area (Å²) in [6, 6.07) is -3.33. The summed E-state index contributed by atoms with van der Waals surface area (Å²) < 4.78 is 0.830. The van der Waals surface area contributed by atoms with Crippen molar-refractivity contribution in [2.45, 2.75) is 49.9 Å². The minimum Gasteiger partial charge on any atom is -0.481 e. The van der Waals surface area contributed by atoms with E-state index < -0.39 is 53.8 Å². The van der Waals surface area contributed by atoms with Crippen molar-refractivity contribution in [3.05, 3.63) is 7.43 Å². The van der Waals surface area contributed by atoms with Gasteiger partial charge in [-0.2, -0.15) is 37.9 Å². The first kappa shape index (κ1) is 45.9. The van der Waals surface area contributed by atoms with Gasteiger partial charge in [0.1, 0.15) is 12.1 Å². The van der Waals surface area contributed by atoms with Crippen LogP contribution in [0.1, 0.15) is 25.7 Å².